The summed E-state index contributed by atoms with van der Waals surface area (Å²) >= 11 is 0. The Morgan fingerprint density at radius 3 is 3.25 bits per heavy atom. The van der Waals surface area contributed by atoms with Gasteiger partial charge in [-0.1, -0.05) is 0 Å². The molecule has 0 amide bonds. The van der Waals surface area contributed by atoms with Gasteiger partial charge in [-0.25, -0.2) is 4.98 Å². The standard InChI is InChI=1S/C5H5NO2/c7-2-1-5-3-8-4-6-5/h2-4H,1H2. The van der Waals surface area contributed by atoms with Crippen LogP contribution >= 0.6 is 0 Å². The van der Waals surface area contributed by atoms with E-state index < -0.39 is 0 Å². The number of hydrogen-bond donors (Lipinski definition) is 0. The molecular formula is C5H5NO2. The smallest absolute Gasteiger partial charge is 0.180 e. The lowest BCUT2D eigenvalue weighted by atomic mass is 10.4. The van der Waals surface area contributed by atoms with Crippen LogP contribution in [0.4, 0.5) is 0 Å². The molecule has 1 aromatic heterocycles. The second kappa shape index (κ2) is 2.26. The first-order valence-corrected chi connectivity index (χ1v) is 2.24. The average molecular weight is 111 g/mol. The summed E-state index contributed by atoms with van der Waals surface area (Å²) in [5.41, 5.74) is 0.681. The van der Waals surface area contributed by atoms with Crippen LogP contribution in [-0.2, 0) is 11.2 Å². The predicted octanol–water partition coefficient (Wildman–Crippen LogP) is 0.416. The molecule has 0 radical (unpaired) electrons. The van der Waals surface area contributed by atoms with Gasteiger partial charge in [0.05, 0.1) is 5.69 Å². The maximum atomic E-state index is 9.79. The molecule has 3 nitrogen and oxygen atoms in total. The number of oxazole rings is 1. The first-order chi connectivity index (χ1) is 3.93. The Morgan fingerprint density at radius 2 is 2.75 bits per heavy atom. The highest BCUT2D eigenvalue weighted by atomic mass is 16.3. The van der Waals surface area contributed by atoms with Crippen molar-refractivity contribution in [3.8, 4) is 0 Å². The van der Waals surface area contributed by atoms with Crippen LogP contribution in [0.5, 0.6) is 0 Å². The number of nitrogens with zero attached hydrogens (tertiary/aromatic N) is 1. The van der Waals surface area contributed by atoms with Gasteiger partial charge in [-0.3, -0.25) is 0 Å². The van der Waals surface area contributed by atoms with E-state index >= 15 is 0 Å². The molecule has 0 fully saturated rings. The Morgan fingerprint density at radius 1 is 1.88 bits per heavy atom. The van der Waals surface area contributed by atoms with E-state index in [9.17, 15) is 4.79 Å². The second-order valence-electron chi connectivity index (χ2n) is 1.35. The minimum absolute atomic E-state index is 0.344. The van der Waals surface area contributed by atoms with E-state index in [2.05, 4.69) is 9.40 Å². The Labute approximate surface area is 46.3 Å². The Hall–Kier alpha value is -1.12. The maximum absolute atomic E-state index is 9.79. The summed E-state index contributed by atoms with van der Waals surface area (Å²) in [6, 6.07) is 0. The lowest BCUT2D eigenvalue weighted by molar-refractivity contribution is -0.107. The van der Waals surface area contributed by atoms with Gasteiger partial charge in [0.2, 0.25) is 0 Å². The molecule has 0 aliphatic carbocycles. The number of aldehydes is 1. The van der Waals surface area contributed by atoms with Crippen molar-refractivity contribution < 1.29 is 9.21 Å². The monoisotopic (exact) mass is 111 g/mol. The first kappa shape index (κ1) is 5.03. The van der Waals surface area contributed by atoms with Crippen molar-refractivity contribution in [3.05, 3.63) is 18.4 Å². The molecular weight excluding hydrogens is 106 g/mol. The van der Waals surface area contributed by atoms with Crippen molar-refractivity contribution in [1.82, 2.24) is 4.98 Å². The Kier molecular flexibility index (Phi) is 1.42. The minimum Gasteiger partial charge on any atom is -0.451 e. The van der Waals surface area contributed by atoms with Gasteiger partial charge in [-0.15, -0.1) is 0 Å². The summed E-state index contributed by atoms with van der Waals surface area (Å²) in [5.74, 6) is 0. The van der Waals surface area contributed by atoms with E-state index in [1.165, 1.54) is 12.7 Å². The van der Waals surface area contributed by atoms with Gasteiger partial charge in [0, 0.05) is 6.42 Å². The van der Waals surface area contributed by atoms with E-state index in [1.54, 1.807) is 0 Å². The van der Waals surface area contributed by atoms with Crippen molar-refractivity contribution in [1.29, 1.82) is 0 Å². The average Bonchev–Trinajstić information content (AvgIpc) is 2.19. The van der Waals surface area contributed by atoms with Gasteiger partial charge in [0.15, 0.2) is 6.39 Å². The highest BCUT2D eigenvalue weighted by Crippen LogP contribution is 1.91. The molecule has 1 heterocycles. The highest BCUT2D eigenvalue weighted by molar-refractivity contribution is 5.53. The number of hydrogen-bond acceptors (Lipinski definition) is 3. The molecule has 0 aliphatic rings. The van der Waals surface area contributed by atoms with Gasteiger partial charge >= 0.3 is 0 Å². The van der Waals surface area contributed by atoms with E-state index in [-0.39, 0.29) is 0 Å². The molecule has 0 bridgehead atoms. The van der Waals surface area contributed by atoms with Gasteiger partial charge in [0.25, 0.3) is 0 Å². The maximum Gasteiger partial charge on any atom is 0.180 e. The minimum atomic E-state index is 0.344. The zero-order chi connectivity index (χ0) is 5.82. The van der Waals surface area contributed by atoms with Gasteiger partial charge < -0.3 is 9.21 Å². The third kappa shape index (κ3) is 0.932. The quantitative estimate of drug-likeness (QED) is 0.519. The van der Waals surface area contributed by atoms with Crippen molar-refractivity contribution >= 4 is 6.29 Å². The zero-order valence-electron chi connectivity index (χ0n) is 4.20. The molecule has 0 saturated carbocycles. The summed E-state index contributed by atoms with van der Waals surface area (Å²) in [6.45, 7) is 0. The second-order valence-corrected chi connectivity index (χ2v) is 1.35. The van der Waals surface area contributed by atoms with Crippen molar-refractivity contribution in [2.75, 3.05) is 0 Å². The highest BCUT2D eigenvalue weighted by Gasteiger charge is 1.90. The first-order valence-electron chi connectivity index (χ1n) is 2.24. The van der Waals surface area contributed by atoms with Crippen LogP contribution in [0.2, 0.25) is 0 Å². The summed E-state index contributed by atoms with van der Waals surface area (Å²) in [7, 11) is 0. The van der Waals surface area contributed by atoms with Crippen LogP contribution in [0.1, 0.15) is 5.69 Å². The molecule has 0 unspecified atom stereocenters. The Balaban J connectivity index is 2.62. The Bertz CT molecular complexity index is 157. The number of aromatic nitrogens is 1. The van der Waals surface area contributed by atoms with Gasteiger partial charge in [-0.05, 0) is 0 Å². The van der Waals surface area contributed by atoms with Crippen LogP contribution < -0.4 is 0 Å². The summed E-state index contributed by atoms with van der Waals surface area (Å²) in [4.78, 5) is 13.5. The molecule has 0 atom stereocenters. The third-order valence-electron chi connectivity index (χ3n) is 0.776. The molecule has 0 aromatic carbocycles. The van der Waals surface area contributed by atoms with Crippen LogP contribution in [0.15, 0.2) is 17.1 Å². The third-order valence-corrected chi connectivity index (χ3v) is 0.776. The molecule has 0 N–H and O–H groups in total. The number of carbonyl (C=O) groups excluding carboxylic acids is 1. The van der Waals surface area contributed by atoms with Crippen molar-refractivity contribution in [2.24, 2.45) is 0 Å². The molecule has 0 aliphatic heterocycles. The van der Waals surface area contributed by atoms with E-state index in [1.807, 2.05) is 0 Å². The molecule has 3 heteroatoms. The van der Waals surface area contributed by atoms with Crippen LogP contribution in [0, 0.1) is 0 Å². The topological polar surface area (TPSA) is 43.1 Å². The number of carbonyl (C=O) groups is 1. The zero-order valence-corrected chi connectivity index (χ0v) is 4.20. The number of rotatable bonds is 2. The normalized spacial score (nSPS) is 9.00. The summed E-state index contributed by atoms with van der Waals surface area (Å²) < 4.78 is 4.60. The fourth-order valence-corrected chi connectivity index (χ4v) is 0.424. The van der Waals surface area contributed by atoms with Crippen LogP contribution in [0.3, 0.4) is 0 Å². The lowest BCUT2D eigenvalue weighted by Gasteiger charge is -1.74. The lowest BCUT2D eigenvalue weighted by Crippen LogP contribution is -1.82. The largest absolute Gasteiger partial charge is 0.451 e. The van der Waals surface area contributed by atoms with E-state index in [4.69, 9.17) is 0 Å². The fourth-order valence-electron chi connectivity index (χ4n) is 0.424. The van der Waals surface area contributed by atoms with E-state index in [0.29, 0.717) is 12.1 Å². The van der Waals surface area contributed by atoms with Gasteiger partial charge in [0.1, 0.15) is 12.5 Å². The van der Waals surface area contributed by atoms with E-state index in [0.717, 1.165) is 6.29 Å². The van der Waals surface area contributed by atoms with Crippen molar-refractivity contribution in [3.63, 3.8) is 0 Å². The van der Waals surface area contributed by atoms with Crippen LogP contribution in [-0.4, -0.2) is 11.3 Å². The molecule has 8 heavy (non-hydrogen) atoms. The summed E-state index contributed by atoms with van der Waals surface area (Å²) in [6.07, 6.45) is 3.89. The van der Waals surface area contributed by atoms with Crippen LogP contribution in [0.25, 0.3) is 0 Å². The molecule has 0 saturated heterocycles. The molecule has 42 valence electrons. The molecule has 1 aromatic rings. The fraction of sp³-hybridized carbons (Fsp3) is 0.200. The SMILES string of the molecule is O=CCc1cocn1. The molecule has 1 rings (SSSR count). The summed E-state index contributed by atoms with van der Waals surface area (Å²) in [5, 5.41) is 0. The van der Waals surface area contributed by atoms with Crippen molar-refractivity contribution in [2.45, 2.75) is 6.42 Å². The van der Waals surface area contributed by atoms with Gasteiger partial charge in [-0.2, -0.15) is 0 Å². The molecule has 0 spiro atoms. The predicted molar refractivity (Wildman–Crippen MR) is 26.3 cm³/mol.